The molecule has 0 fully saturated rings. The van der Waals surface area contributed by atoms with Gasteiger partial charge < -0.3 is 19.4 Å². The second-order valence-electron chi connectivity index (χ2n) is 7.24. The maximum Gasteiger partial charge on any atom is 0.269 e. The number of carbonyl (C=O) groups is 1. The maximum atomic E-state index is 12.6. The number of aryl methyl sites for hydroxylation is 1. The smallest absolute Gasteiger partial charge is 0.269 e. The van der Waals surface area contributed by atoms with E-state index in [0.717, 1.165) is 43.1 Å². The zero-order valence-electron chi connectivity index (χ0n) is 16.6. The molecule has 1 aromatic heterocycles. The van der Waals surface area contributed by atoms with E-state index in [-0.39, 0.29) is 5.91 Å². The van der Waals surface area contributed by atoms with E-state index >= 15 is 0 Å². The number of imidazole rings is 1. The summed E-state index contributed by atoms with van der Waals surface area (Å²) < 4.78 is 12.8. The number of methoxy groups -OCH3 is 2. The first-order valence-corrected chi connectivity index (χ1v) is 9.61. The molecule has 0 saturated heterocycles. The lowest BCUT2D eigenvalue weighted by molar-refractivity contribution is 0.0937. The number of ether oxygens (including phenoxy) is 2. The molecule has 0 radical (unpaired) electrons. The molecule has 0 spiro atoms. The van der Waals surface area contributed by atoms with Crippen molar-refractivity contribution in [1.29, 1.82) is 0 Å². The first-order chi connectivity index (χ1) is 13.1. The fourth-order valence-electron chi connectivity index (χ4n) is 3.49. The Labute approximate surface area is 160 Å². The Morgan fingerprint density at radius 3 is 2.81 bits per heavy atom. The number of benzene rings is 1. The van der Waals surface area contributed by atoms with Crippen molar-refractivity contribution in [2.45, 2.75) is 45.6 Å². The zero-order chi connectivity index (χ0) is 19.4. The Hall–Kier alpha value is -2.50. The molecule has 2 aromatic rings. The normalized spacial score (nSPS) is 17.1. The highest BCUT2D eigenvalue weighted by molar-refractivity contribution is 5.92. The van der Waals surface area contributed by atoms with Crippen molar-refractivity contribution < 1.29 is 14.3 Å². The van der Waals surface area contributed by atoms with Crippen molar-refractivity contribution >= 4 is 5.91 Å². The van der Waals surface area contributed by atoms with Gasteiger partial charge in [-0.1, -0.05) is 26.3 Å². The largest absolute Gasteiger partial charge is 0.493 e. The first-order valence-electron chi connectivity index (χ1n) is 9.61. The lowest BCUT2D eigenvalue weighted by atomic mass is 9.91. The number of hydrogen-bond donors (Lipinski definition) is 1. The van der Waals surface area contributed by atoms with Crippen LogP contribution in [-0.2, 0) is 13.0 Å². The van der Waals surface area contributed by atoms with E-state index in [1.54, 1.807) is 20.4 Å². The quantitative estimate of drug-likeness (QED) is 0.810. The van der Waals surface area contributed by atoms with Crippen LogP contribution in [0.5, 0.6) is 11.5 Å². The van der Waals surface area contributed by atoms with E-state index in [2.05, 4.69) is 34.8 Å². The van der Waals surface area contributed by atoms with E-state index < -0.39 is 0 Å². The third-order valence-corrected chi connectivity index (χ3v) is 5.48. The third-order valence-electron chi connectivity index (χ3n) is 5.48. The van der Waals surface area contributed by atoms with Gasteiger partial charge in [-0.05, 0) is 30.0 Å². The Bertz CT molecular complexity index is 800. The Balaban J connectivity index is 1.78. The van der Waals surface area contributed by atoms with Crippen molar-refractivity contribution in [2.75, 3.05) is 20.8 Å². The molecule has 27 heavy (non-hydrogen) atoms. The fourth-order valence-corrected chi connectivity index (χ4v) is 3.49. The topological polar surface area (TPSA) is 65.4 Å². The molecule has 0 bridgehead atoms. The van der Waals surface area contributed by atoms with Crippen molar-refractivity contribution in [2.24, 2.45) is 5.92 Å². The van der Waals surface area contributed by atoms with Crippen LogP contribution in [-0.4, -0.2) is 36.2 Å². The predicted molar refractivity (Wildman–Crippen MR) is 105 cm³/mol. The highest BCUT2D eigenvalue weighted by Gasteiger charge is 2.26. The van der Waals surface area contributed by atoms with E-state index in [1.165, 1.54) is 5.56 Å². The number of hydrogen-bond acceptors (Lipinski definition) is 4. The molecule has 0 saturated carbocycles. The fraction of sp³-hybridized carbons (Fsp3) is 0.524. The predicted octanol–water partition coefficient (Wildman–Crippen LogP) is 3.41. The van der Waals surface area contributed by atoms with Crippen LogP contribution >= 0.6 is 0 Å². The van der Waals surface area contributed by atoms with Crippen LogP contribution in [0, 0.1) is 5.92 Å². The summed E-state index contributed by atoms with van der Waals surface area (Å²) in [5, 5.41) is 3.04. The number of fused-ring (bicyclic) bond motifs is 1. The molecule has 0 unspecified atom stereocenters. The average molecular weight is 371 g/mol. The van der Waals surface area contributed by atoms with E-state index in [9.17, 15) is 4.79 Å². The van der Waals surface area contributed by atoms with Gasteiger partial charge in [0, 0.05) is 25.4 Å². The summed E-state index contributed by atoms with van der Waals surface area (Å²) in [7, 11) is 3.29. The minimum atomic E-state index is -0.0398. The van der Waals surface area contributed by atoms with Gasteiger partial charge in [-0.15, -0.1) is 0 Å². The summed E-state index contributed by atoms with van der Waals surface area (Å²) >= 11 is 0. The monoisotopic (exact) mass is 371 g/mol. The molecule has 146 valence electrons. The van der Waals surface area contributed by atoms with Crippen LogP contribution in [0.25, 0.3) is 0 Å². The van der Waals surface area contributed by atoms with Gasteiger partial charge in [-0.2, -0.15) is 0 Å². The van der Waals surface area contributed by atoms with Gasteiger partial charge in [-0.25, -0.2) is 4.98 Å². The molecular weight excluding hydrogens is 342 g/mol. The van der Waals surface area contributed by atoms with Crippen LogP contribution in [0.4, 0.5) is 0 Å². The summed E-state index contributed by atoms with van der Waals surface area (Å²) in [6.45, 7) is 5.70. The summed E-state index contributed by atoms with van der Waals surface area (Å²) in [6.07, 6.45) is 4.61. The highest BCUT2D eigenvalue weighted by Crippen LogP contribution is 2.35. The van der Waals surface area contributed by atoms with Crippen molar-refractivity contribution in [1.82, 2.24) is 14.9 Å². The Morgan fingerprint density at radius 1 is 1.33 bits per heavy atom. The van der Waals surface area contributed by atoms with Gasteiger partial charge in [0.15, 0.2) is 11.5 Å². The molecule has 1 aliphatic heterocycles. The molecule has 1 amide bonds. The molecule has 2 heterocycles. The van der Waals surface area contributed by atoms with E-state index in [1.807, 2.05) is 12.1 Å². The first kappa shape index (κ1) is 19.3. The number of rotatable bonds is 7. The van der Waals surface area contributed by atoms with Crippen LogP contribution < -0.4 is 14.8 Å². The van der Waals surface area contributed by atoms with Crippen LogP contribution in [0.1, 0.15) is 54.5 Å². The molecule has 0 aliphatic carbocycles. The minimum absolute atomic E-state index is 0.0398. The number of nitrogens with zero attached hydrogens (tertiary/aromatic N) is 2. The lowest BCUT2D eigenvalue weighted by Gasteiger charge is -2.26. The second-order valence-corrected chi connectivity index (χ2v) is 7.24. The van der Waals surface area contributed by atoms with Crippen molar-refractivity contribution in [3.8, 4) is 11.5 Å². The van der Waals surface area contributed by atoms with Crippen LogP contribution in [0.15, 0.2) is 24.4 Å². The van der Waals surface area contributed by atoms with E-state index in [4.69, 9.17) is 9.47 Å². The number of amides is 1. The molecule has 1 aliphatic rings. The third kappa shape index (κ3) is 4.10. The molecule has 1 aromatic carbocycles. The summed E-state index contributed by atoms with van der Waals surface area (Å²) in [4.78, 5) is 17.1. The molecule has 3 rings (SSSR count). The Morgan fingerprint density at radius 2 is 2.11 bits per heavy atom. The summed E-state index contributed by atoms with van der Waals surface area (Å²) in [5.74, 6) is 3.19. The SMILES string of the molecule is CC[C@@H](C)CNC(=O)c1cnc2n1C[C@H](c1ccc(OC)c(OC)c1)CC2. The van der Waals surface area contributed by atoms with Crippen molar-refractivity contribution in [3.63, 3.8) is 0 Å². The molecule has 6 heteroatoms. The van der Waals surface area contributed by atoms with Gasteiger partial charge in [0.25, 0.3) is 5.91 Å². The molecule has 1 N–H and O–H groups in total. The lowest BCUT2D eigenvalue weighted by Crippen LogP contribution is -2.31. The number of carbonyl (C=O) groups excluding carboxylic acids is 1. The highest BCUT2D eigenvalue weighted by atomic mass is 16.5. The minimum Gasteiger partial charge on any atom is -0.493 e. The second kappa shape index (κ2) is 8.46. The van der Waals surface area contributed by atoms with Gasteiger partial charge in [0.1, 0.15) is 11.5 Å². The average Bonchev–Trinajstić information content (AvgIpc) is 3.14. The van der Waals surface area contributed by atoms with Crippen molar-refractivity contribution in [3.05, 3.63) is 41.5 Å². The van der Waals surface area contributed by atoms with Gasteiger partial charge in [0.05, 0.1) is 20.4 Å². The summed E-state index contributed by atoms with van der Waals surface area (Å²) in [6, 6.07) is 6.06. The van der Waals surface area contributed by atoms with Crippen LogP contribution in [0.3, 0.4) is 0 Å². The Kier molecular flexibility index (Phi) is 6.04. The van der Waals surface area contributed by atoms with E-state index in [0.29, 0.717) is 24.1 Å². The number of aromatic nitrogens is 2. The molecular formula is C21H29N3O3. The van der Waals surface area contributed by atoms with Gasteiger partial charge >= 0.3 is 0 Å². The van der Waals surface area contributed by atoms with Crippen LogP contribution in [0.2, 0.25) is 0 Å². The van der Waals surface area contributed by atoms with Gasteiger partial charge in [0.2, 0.25) is 0 Å². The summed E-state index contributed by atoms with van der Waals surface area (Å²) in [5.41, 5.74) is 1.84. The van der Waals surface area contributed by atoms with Gasteiger partial charge in [-0.3, -0.25) is 4.79 Å². The zero-order valence-corrected chi connectivity index (χ0v) is 16.6. The standard InChI is InChI=1S/C21H29N3O3/c1-5-14(2)11-23-21(25)17-12-22-20-9-7-16(13-24(17)20)15-6-8-18(26-3)19(10-15)27-4/h6,8,10,12,14,16H,5,7,9,11,13H2,1-4H3,(H,23,25)/t14-,16-/m1/s1. The molecule has 2 atom stereocenters. The number of nitrogens with one attached hydrogen (secondary N) is 1. The maximum absolute atomic E-state index is 12.6. The molecule has 6 nitrogen and oxygen atoms in total.